The first-order valence-corrected chi connectivity index (χ1v) is 6.82. The van der Waals surface area contributed by atoms with Crippen LogP contribution in [0.2, 0.25) is 0 Å². The molecule has 0 fully saturated rings. The number of rotatable bonds is 0. The fraction of sp³-hybridized carbons (Fsp3) is 0.529. The average molecular weight is 228 g/mol. The van der Waals surface area contributed by atoms with Crippen LogP contribution in [0.15, 0.2) is 36.4 Å². The number of benzene rings is 1. The fourth-order valence-electron chi connectivity index (χ4n) is 2.88. The third-order valence-corrected chi connectivity index (χ3v) is 3.84. The molecular weight excluding hydrogens is 204 g/mol. The van der Waals surface area contributed by atoms with E-state index in [1.54, 1.807) is 5.56 Å². The van der Waals surface area contributed by atoms with Crippen LogP contribution in [0, 0.1) is 5.41 Å². The predicted molar refractivity (Wildman–Crippen MR) is 75.3 cm³/mol. The molecule has 0 bridgehead atoms. The lowest BCUT2D eigenvalue weighted by Gasteiger charge is -2.32. The summed E-state index contributed by atoms with van der Waals surface area (Å²) in [6.45, 7) is 7.12. The fourth-order valence-corrected chi connectivity index (χ4v) is 2.88. The molecule has 1 aliphatic carbocycles. The second-order valence-electron chi connectivity index (χ2n) is 6.22. The topological polar surface area (TPSA) is 0 Å². The molecular formula is C17H24. The van der Waals surface area contributed by atoms with Crippen LogP contribution in [0.1, 0.15) is 57.1 Å². The van der Waals surface area contributed by atoms with Crippen molar-refractivity contribution in [3.8, 4) is 0 Å². The molecule has 0 heterocycles. The molecule has 1 aliphatic rings. The molecule has 0 aliphatic heterocycles. The molecule has 17 heavy (non-hydrogen) atoms. The molecule has 0 aromatic heterocycles. The second kappa shape index (κ2) is 5.08. The van der Waals surface area contributed by atoms with E-state index in [-0.39, 0.29) is 0 Å². The van der Waals surface area contributed by atoms with Gasteiger partial charge in [0.15, 0.2) is 0 Å². The maximum absolute atomic E-state index is 2.37. The van der Waals surface area contributed by atoms with Gasteiger partial charge >= 0.3 is 0 Å². The normalized spacial score (nSPS) is 23.1. The molecule has 1 unspecified atom stereocenters. The Hall–Kier alpha value is -1.04. The minimum atomic E-state index is 0.362. The third kappa shape index (κ3) is 3.00. The smallest absolute Gasteiger partial charge is 0.00946 e. The minimum absolute atomic E-state index is 0.362. The summed E-state index contributed by atoms with van der Waals surface area (Å²) in [5, 5.41) is 0. The summed E-state index contributed by atoms with van der Waals surface area (Å²) in [4.78, 5) is 0. The standard InChI is InChI=1S/C17H24/c1-17(2,3)16-13-7-5-4-6-10-14-11-8-9-12-15(14)16/h4,6,8-9,11-12,16H,5,7,10,13H2,1-3H3/b6-4-. The molecule has 0 heteroatoms. The summed E-state index contributed by atoms with van der Waals surface area (Å²) in [5.74, 6) is 0.693. The zero-order chi connectivity index (χ0) is 12.3. The highest BCUT2D eigenvalue weighted by Crippen LogP contribution is 2.40. The number of hydrogen-bond donors (Lipinski definition) is 0. The lowest BCUT2D eigenvalue weighted by Crippen LogP contribution is -2.19. The van der Waals surface area contributed by atoms with Crippen molar-refractivity contribution in [3.05, 3.63) is 47.5 Å². The third-order valence-electron chi connectivity index (χ3n) is 3.84. The molecule has 0 nitrogen and oxygen atoms in total. The highest BCUT2D eigenvalue weighted by atomic mass is 14.3. The lowest BCUT2D eigenvalue weighted by atomic mass is 9.72. The van der Waals surface area contributed by atoms with Crippen LogP contribution < -0.4 is 0 Å². The minimum Gasteiger partial charge on any atom is -0.0882 e. The van der Waals surface area contributed by atoms with E-state index >= 15 is 0 Å². The Morgan fingerprint density at radius 1 is 1.06 bits per heavy atom. The zero-order valence-electron chi connectivity index (χ0n) is 11.4. The SMILES string of the molecule is CC(C)(C)C1CCC/C=C\Cc2ccccc21. The molecule has 0 N–H and O–H groups in total. The van der Waals surface area contributed by atoms with E-state index in [9.17, 15) is 0 Å². The van der Waals surface area contributed by atoms with Gasteiger partial charge in [-0.05, 0) is 48.1 Å². The van der Waals surface area contributed by atoms with Crippen molar-refractivity contribution in [2.24, 2.45) is 5.41 Å². The molecule has 1 atom stereocenters. The summed E-state index contributed by atoms with van der Waals surface area (Å²) in [7, 11) is 0. The van der Waals surface area contributed by atoms with Crippen LogP contribution in [0.25, 0.3) is 0 Å². The maximum Gasteiger partial charge on any atom is -0.00946 e. The van der Waals surface area contributed by atoms with Gasteiger partial charge in [-0.25, -0.2) is 0 Å². The Balaban J connectivity index is 2.41. The van der Waals surface area contributed by atoms with Crippen molar-refractivity contribution in [1.82, 2.24) is 0 Å². The Bertz CT molecular complexity index is 393. The first-order chi connectivity index (χ1) is 8.09. The van der Waals surface area contributed by atoms with Crippen LogP contribution >= 0.6 is 0 Å². The van der Waals surface area contributed by atoms with E-state index in [0.29, 0.717) is 11.3 Å². The molecule has 0 spiro atoms. The van der Waals surface area contributed by atoms with E-state index in [1.165, 1.54) is 24.8 Å². The molecule has 0 saturated heterocycles. The van der Waals surface area contributed by atoms with Gasteiger partial charge in [-0.1, -0.05) is 57.2 Å². The zero-order valence-corrected chi connectivity index (χ0v) is 11.4. The van der Waals surface area contributed by atoms with E-state index in [2.05, 4.69) is 57.2 Å². The molecule has 92 valence electrons. The monoisotopic (exact) mass is 228 g/mol. The van der Waals surface area contributed by atoms with Crippen molar-refractivity contribution in [2.75, 3.05) is 0 Å². The Labute approximate surface area is 106 Å². The maximum atomic E-state index is 2.37. The largest absolute Gasteiger partial charge is 0.0882 e. The Kier molecular flexibility index (Phi) is 3.71. The summed E-state index contributed by atoms with van der Waals surface area (Å²) in [6.07, 6.45) is 9.65. The van der Waals surface area contributed by atoms with Crippen LogP contribution in [0.3, 0.4) is 0 Å². The molecule has 1 aromatic carbocycles. The predicted octanol–water partition coefficient (Wildman–Crippen LogP) is 5.10. The van der Waals surface area contributed by atoms with Crippen LogP contribution in [0.4, 0.5) is 0 Å². The number of hydrogen-bond acceptors (Lipinski definition) is 0. The molecule has 0 saturated carbocycles. The second-order valence-corrected chi connectivity index (χ2v) is 6.22. The van der Waals surface area contributed by atoms with E-state index < -0.39 is 0 Å². The molecule has 0 amide bonds. The van der Waals surface area contributed by atoms with Gasteiger partial charge in [0.2, 0.25) is 0 Å². The van der Waals surface area contributed by atoms with E-state index in [1.807, 2.05) is 0 Å². The van der Waals surface area contributed by atoms with E-state index in [0.717, 1.165) is 6.42 Å². The first-order valence-electron chi connectivity index (χ1n) is 6.82. The van der Waals surface area contributed by atoms with Crippen molar-refractivity contribution in [2.45, 2.75) is 52.4 Å². The van der Waals surface area contributed by atoms with Crippen LogP contribution in [-0.2, 0) is 6.42 Å². The lowest BCUT2D eigenvalue weighted by molar-refractivity contribution is 0.300. The van der Waals surface area contributed by atoms with Crippen molar-refractivity contribution in [1.29, 1.82) is 0 Å². The molecule has 0 radical (unpaired) electrons. The van der Waals surface area contributed by atoms with Crippen LogP contribution in [-0.4, -0.2) is 0 Å². The Morgan fingerprint density at radius 3 is 2.59 bits per heavy atom. The summed E-state index contributed by atoms with van der Waals surface area (Å²) >= 11 is 0. The van der Waals surface area contributed by atoms with Gasteiger partial charge in [-0.3, -0.25) is 0 Å². The van der Waals surface area contributed by atoms with Crippen molar-refractivity contribution >= 4 is 0 Å². The number of allylic oxidation sites excluding steroid dienone is 2. The van der Waals surface area contributed by atoms with Gasteiger partial charge in [0, 0.05) is 0 Å². The highest BCUT2D eigenvalue weighted by molar-refractivity contribution is 5.33. The van der Waals surface area contributed by atoms with Gasteiger partial charge in [0.25, 0.3) is 0 Å². The van der Waals surface area contributed by atoms with Crippen LogP contribution in [0.5, 0.6) is 0 Å². The van der Waals surface area contributed by atoms with Gasteiger partial charge in [0.1, 0.15) is 0 Å². The Morgan fingerprint density at radius 2 is 1.82 bits per heavy atom. The number of fused-ring (bicyclic) bond motifs is 1. The first kappa shape index (κ1) is 12.4. The highest BCUT2D eigenvalue weighted by Gasteiger charge is 2.27. The molecule has 2 rings (SSSR count). The average Bonchev–Trinajstić information content (AvgIpc) is 2.37. The summed E-state index contributed by atoms with van der Waals surface area (Å²) in [6, 6.07) is 9.00. The summed E-state index contributed by atoms with van der Waals surface area (Å²) in [5.41, 5.74) is 3.46. The van der Waals surface area contributed by atoms with Crippen molar-refractivity contribution < 1.29 is 0 Å². The summed E-state index contributed by atoms with van der Waals surface area (Å²) < 4.78 is 0. The quantitative estimate of drug-likeness (QED) is 0.542. The van der Waals surface area contributed by atoms with E-state index in [4.69, 9.17) is 0 Å². The van der Waals surface area contributed by atoms with Gasteiger partial charge in [-0.15, -0.1) is 0 Å². The van der Waals surface area contributed by atoms with Gasteiger partial charge < -0.3 is 0 Å². The van der Waals surface area contributed by atoms with Gasteiger partial charge in [-0.2, -0.15) is 0 Å². The van der Waals surface area contributed by atoms with Crippen molar-refractivity contribution in [3.63, 3.8) is 0 Å². The van der Waals surface area contributed by atoms with Gasteiger partial charge in [0.05, 0.1) is 0 Å². The molecule has 1 aromatic rings.